The van der Waals surface area contributed by atoms with E-state index in [1.165, 1.54) is 12.8 Å². The van der Waals surface area contributed by atoms with Crippen LogP contribution >= 0.6 is 0 Å². The Labute approximate surface area is 185 Å². The molecular formula is C25H38N2O4. The van der Waals surface area contributed by atoms with Crippen LogP contribution in [0.15, 0.2) is 10.9 Å². The lowest BCUT2D eigenvalue weighted by Crippen LogP contribution is -2.47. The van der Waals surface area contributed by atoms with Gasteiger partial charge in [-0.2, -0.15) is 0 Å². The molecule has 1 aromatic heterocycles. The Morgan fingerprint density at radius 2 is 1.81 bits per heavy atom. The number of hydrogen-bond acceptors (Lipinski definition) is 4. The van der Waals surface area contributed by atoms with E-state index >= 15 is 0 Å². The molecule has 1 fully saturated rings. The molecule has 2 atom stereocenters. The van der Waals surface area contributed by atoms with Crippen molar-refractivity contribution in [3.8, 4) is 0 Å². The number of aromatic nitrogens is 1. The van der Waals surface area contributed by atoms with Crippen molar-refractivity contribution in [2.75, 3.05) is 6.61 Å². The number of ether oxygens (including phenoxy) is 1. The highest BCUT2D eigenvalue weighted by Crippen LogP contribution is 2.26. The number of carbonyl (C=O) groups is 2. The molecule has 0 aromatic carbocycles. The van der Waals surface area contributed by atoms with E-state index in [4.69, 9.17) is 4.74 Å². The molecular weight excluding hydrogens is 392 g/mol. The van der Waals surface area contributed by atoms with E-state index in [9.17, 15) is 14.4 Å². The number of amides is 1. The summed E-state index contributed by atoms with van der Waals surface area (Å²) in [4.78, 5) is 39.0. The molecule has 6 heteroatoms. The SMILES string of the molecule is CCCCn1c2c(cc(C(=O)NC3CCCCC3C(=O)OCC)c1=O)CCCCCC2. The zero-order valence-corrected chi connectivity index (χ0v) is 19.2. The highest BCUT2D eigenvalue weighted by atomic mass is 16.5. The fraction of sp³-hybridized carbons (Fsp3) is 0.720. The first kappa shape index (κ1) is 23.6. The van der Waals surface area contributed by atoms with Crippen molar-refractivity contribution in [3.63, 3.8) is 0 Å². The Kier molecular flexibility index (Phi) is 8.73. The predicted molar refractivity (Wildman–Crippen MR) is 121 cm³/mol. The molecule has 172 valence electrons. The summed E-state index contributed by atoms with van der Waals surface area (Å²) in [6, 6.07) is 1.56. The number of esters is 1. The molecule has 1 heterocycles. The molecule has 0 spiro atoms. The second-order valence-electron chi connectivity index (χ2n) is 8.98. The van der Waals surface area contributed by atoms with E-state index in [-0.39, 0.29) is 35.0 Å². The average molecular weight is 431 g/mol. The summed E-state index contributed by atoms with van der Waals surface area (Å²) in [5, 5.41) is 3.03. The Hall–Kier alpha value is -2.11. The number of aryl methyl sites for hydroxylation is 1. The first-order valence-electron chi connectivity index (χ1n) is 12.3. The molecule has 6 nitrogen and oxygen atoms in total. The number of nitrogens with one attached hydrogen (secondary N) is 1. The summed E-state index contributed by atoms with van der Waals surface area (Å²) in [7, 11) is 0. The number of hydrogen-bond donors (Lipinski definition) is 1. The largest absolute Gasteiger partial charge is 0.466 e. The van der Waals surface area contributed by atoms with E-state index in [0.717, 1.165) is 69.0 Å². The maximum Gasteiger partial charge on any atom is 0.311 e. The Morgan fingerprint density at radius 3 is 2.55 bits per heavy atom. The number of nitrogens with zero attached hydrogens (tertiary/aromatic N) is 1. The second kappa shape index (κ2) is 11.5. The van der Waals surface area contributed by atoms with Gasteiger partial charge in [-0.15, -0.1) is 0 Å². The summed E-state index contributed by atoms with van der Waals surface area (Å²) in [6.45, 7) is 4.91. The van der Waals surface area contributed by atoms with Gasteiger partial charge in [0.25, 0.3) is 11.5 Å². The fourth-order valence-corrected chi connectivity index (χ4v) is 5.03. The highest BCUT2D eigenvalue weighted by molar-refractivity contribution is 5.94. The Balaban J connectivity index is 1.89. The second-order valence-corrected chi connectivity index (χ2v) is 8.98. The lowest BCUT2D eigenvalue weighted by Gasteiger charge is -2.30. The van der Waals surface area contributed by atoms with Crippen molar-refractivity contribution in [2.24, 2.45) is 5.92 Å². The van der Waals surface area contributed by atoms with Crippen molar-refractivity contribution >= 4 is 11.9 Å². The van der Waals surface area contributed by atoms with E-state index in [2.05, 4.69) is 12.2 Å². The van der Waals surface area contributed by atoms with Crippen LogP contribution in [0.1, 0.15) is 99.7 Å². The zero-order valence-electron chi connectivity index (χ0n) is 19.2. The predicted octanol–water partition coefficient (Wildman–Crippen LogP) is 4.16. The van der Waals surface area contributed by atoms with Gasteiger partial charge < -0.3 is 14.6 Å². The van der Waals surface area contributed by atoms with Crippen LogP contribution < -0.4 is 10.9 Å². The van der Waals surface area contributed by atoms with Gasteiger partial charge in [-0.3, -0.25) is 14.4 Å². The molecule has 1 aromatic rings. The molecule has 2 aliphatic rings. The summed E-state index contributed by atoms with van der Waals surface area (Å²) in [6.07, 6.45) is 11.7. The van der Waals surface area contributed by atoms with Crippen LogP contribution in [0.5, 0.6) is 0 Å². The van der Waals surface area contributed by atoms with Gasteiger partial charge in [0.2, 0.25) is 0 Å². The molecule has 2 unspecified atom stereocenters. The number of fused-ring (bicyclic) bond motifs is 1. The van der Waals surface area contributed by atoms with Gasteiger partial charge in [0.1, 0.15) is 5.56 Å². The highest BCUT2D eigenvalue weighted by Gasteiger charge is 2.34. The van der Waals surface area contributed by atoms with E-state index < -0.39 is 0 Å². The molecule has 0 radical (unpaired) electrons. The third kappa shape index (κ3) is 5.78. The van der Waals surface area contributed by atoms with E-state index in [1.807, 2.05) is 10.6 Å². The Morgan fingerprint density at radius 1 is 1.06 bits per heavy atom. The molecule has 1 N–H and O–H groups in total. The zero-order chi connectivity index (χ0) is 22.2. The molecule has 31 heavy (non-hydrogen) atoms. The molecule has 0 bridgehead atoms. The third-order valence-corrected chi connectivity index (χ3v) is 6.75. The van der Waals surface area contributed by atoms with E-state index in [1.54, 1.807) is 6.92 Å². The summed E-state index contributed by atoms with van der Waals surface area (Å²) in [5.41, 5.74) is 2.31. The van der Waals surface area contributed by atoms with Gasteiger partial charge in [-0.05, 0) is 63.5 Å². The molecule has 0 saturated heterocycles. The van der Waals surface area contributed by atoms with Crippen LogP contribution in [-0.4, -0.2) is 29.1 Å². The van der Waals surface area contributed by atoms with Gasteiger partial charge in [0, 0.05) is 18.3 Å². The number of pyridine rings is 1. The molecule has 3 rings (SSSR count). The summed E-state index contributed by atoms with van der Waals surface area (Å²) >= 11 is 0. The minimum atomic E-state index is -0.346. The number of rotatable bonds is 7. The van der Waals surface area contributed by atoms with Gasteiger partial charge >= 0.3 is 5.97 Å². The van der Waals surface area contributed by atoms with Gasteiger partial charge in [0.15, 0.2) is 0 Å². The molecule has 0 aliphatic heterocycles. The molecule has 1 amide bonds. The Bertz CT molecular complexity index is 830. The number of carbonyl (C=O) groups excluding carboxylic acids is 2. The van der Waals surface area contributed by atoms with Crippen molar-refractivity contribution in [3.05, 3.63) is 33.2 Å². The standard InChI is InChI=1S/C25H38N2O4/c1-3-5-16-27-22-15-9-7-6-8-12-18(22)17-20(24(27)29)23(28)26-21-14-11-10-13-19(21)25(30)31-4-2/h17,19,21H,3-16H2,1-2H3,(H,26,28). The fourth-order valence-electron chi connectivity index (χ4n) is 5.03. The lowest BCUT2D eigenvalue weighted by molar-refractivity contribution is -0.150. The summed E-state index contributed by atoms with van der Waals surface area (Å²) in [5.74, 6) is -0.920. The van der Waals surface area contributed by atoms with Gasteiger partial charge in [0.05, 0.1) is 12.5 Å². The first-order chi connectivity index (χ1) is 15.1. The van der Waals surface area contributed by atoms with Crippen molar-refractivity contribution in [2.45, 2.75) is 103 Å². The summed E-state index contributed by atoms with van der Waals surface area (Å²) < 4.78 is 7.09. The van der Waals surface area contributed by atoms with Crippen molar-refractivity contribution in [1.29, 1.82) is 0 Å². The quantitative estimate of drug-likeness (QED) is 0.659. The topological polar surface area (TPSA) is 77.4 Å². The van der Waals surface area contributed by atoms with Gasteiger partial charge in [-0.1, -0.05) is 39.0 Å². The average Bonchev–Trinajstić information content (AvgIpc) is 2.74. The minimum absolute atomic E-state index is 0.186. The maximum absolute atomic E-state index is 13.4. The monoisotopic (exact) mass is 430 g/mol. The van der Waals surface area contributed by atoms with Crippen LogP contribution in [-0.2, 0) is 28.9 Å². The van der Waals surface area contributed by atoms with Crippen LogP contribution in [0.25, 0.3) is 0 Å². The van der Waals surface area contributed by atoms with Crippen molar-refractivity contribution in [1.82, 2.24) is 9.88 Å². The van der Waals surface area contributed by atoms with E-state index in [0.29, 0.717) is 19.6 Å². The molecule has 2 aliphatic carbocycles. The number of unbranched alkanes of at least 4 members (excludes halogenated alkanes) is 1. The lowest BCUT2D eigenvalue weighted by atomic mass is 9.84. The van der Waals surface area contributed by atoms with Crippen LogP contribution in [0.2, 0.25) is 0 Å². The third-order valence-electron chi connectivity index (χ3n) is 6.75. The maximum atomic E-state index is 13.4. The minimum Gasteiger partial charge on any atom is -0.466 e. The molecule has 1 saturated carbocycles. The first-order valence-corrected chi connectivity index (χ1v) is 12.3. The van der Waals surface area contributed by atoms with Crippen LogP contribution in [0, 0.1) is 5.92 Å². The van der Waals surface area contributed by atoms with Crippen LogP contribution in [0.4, 0.5) is 0 Å². The normalized spacial score (nSPS) is 21.5. The van der Waals surface area contributed by atoms with Crippen molar-refractivity contribution < 1.29 is 14.3 Å². The van der Waals surface area contributed by atoms with Crippen LogP contribution in [0.3, 0.4) is 0 Å². The van der Waals surface area contributed by atoms with Gasteiger partial charge in [-0.25, -0.2) is 0 Å². The smallest absolute Gasteiger partial charge is 0.311 e.